The number of benzene rings is 1. The lowest BCUT2D eigenvalue weighted by molar-refractivity contribution is -0.892. The largest absolute Gasteiger partial charge is 0.359 e. The van der Waals surface area contributed by atoms with Crippen molar-refractivity contribution in [2.45, 2.75) is 19.9 Å². The quantitative estimate of drug-likeness (QED) is 0.738. The number of carbonyl (C=O) groups excluding carboxylic acids is 2. The van der Waals surface area contributed by atoms with Crippen molar-refractivity contribution in [3.05, 3.63) is 29.3 Å². The Labute approximate surface area is 141 Å². The maximum atomic E-state index is 11.9. The second-order valence-electron chi connectivity index (χ2n) is 6.04. The van der Waals surface area contributed by atoms with Gasteiger partial charge in [0, 0.05) is 6.04 Å². The smallest absolute Gasteiger partial charge is 0.321 e. The highest BCUT2D eigenvalue weighted by Gasteiger charge is 2.24. The van der Waals surface area contributed by atoms with E-state index in [-0.39, 0.29) is 11.9 Å². The minimum absolute atomic E-state index is 0.00862. The fourth-order valence-corrected chi connectivity index (χ4v) is 2.90. The van der Waals surface area contributed by atoms with Gasteiger partial charge in [-0.25, -0.2) is 4.79 Å². The van der Waals surface area contributed by atoms with E-state index in [0.717, 1.165) is 36.9 Å². The molecule has 1 aromatic carbocycles. The zero-order valence-electron chi connectivity index (χ0n) is 13.6. The zero-order chi connectivity index (χ0) is 16.8. The van der Waals surface area contributed by atoms with Crippen LogP contribution in [0.25, 0.3) is 0 Å². The number of para-hydroxylation sites is 1. The Kier molecular flexibility index (Phi) is 6.24. The first-order chi connectivity index (χ1) is 11.0. The number of amides is 3. The summed E-state index contributed by atoms with van der Waals surface area (Å²) in [7, 11) is 0. The van der Waals surface area contributed by atoms with Gasteiger partial charge in [-0.3, -0.25) is 10.1 Å². The Balaban J connectivity index is 1.77. The predicted molar refractivity (Wildman–Crippen MR) is 91.0 cm³/mol. The molecular weight excluding hydrogens is 316 g/mol. The molecule has 6 nitrogen and oxygen atoms in total. The van der Waals surface area contributed by atoms with E-state index in [1.165, 1.54) is 4.90 Å². The van der Waals surface area contributed by atoms with Crippen LogP contribution in [0.1, 0.15) is 13.8 Å². The minimum atomic E-state index is -0.431. The van der Waals surface area contributed by atoms with Gasteiger partial charge in [-0.15, -0.1) is 0 Å². The van der Waals surface area contributed by atoms with Crippen LogP contribution in [0.15, 0.2) is 24.3 Å². The molecule has 0 saturated carbocycles. The van der Waals surface area contributed by atoms with Crippen LogP contribution in [0.5, 0.6) is 0 Å². The molecule has 1 saturated heterocycles. The summed E-state index contributed by atoms with van der Waals surface area (Å²) in [6, 6.07) is 7.36. The lowest BCUT2D eigenvalue weighted by Crippen LogP contribution is -3.16. The summed E-state index contributed by atoms with van der Waals surface area (Å²) in [6.07, 6.45) is 0. The third-order valence-corrected chi connectivity index (χ3v) is 4.07. The summed E-state index contributed by atoms with van der Waals surface area (Å²) in [5.41, 5.74) is 1.04. The number of hydrogen-bond acceptors (Lipinski definition) is 3. The van der Waals surface area contributed by atoms with Crippen molar-refractivity contribution >= 4 is 29.2 Å². The van der Waals surface area contributed by atoms with Crippen molar-refractivity contribution in [1.29, 1.82) is 0 Å². The summed E-state index contributed by atoms with van der Waals surface area (Å²) in [6.45, 7) is 7.36. The van der Waals surface area contributed by atoms with Crippen molar-refractivity contribution < 1.29 is 14.5 Å². The molecule has 126 valence electrons. The van der Waals surface area contributed by atoms with E-state index < -0.39 is 6.03 Å². The molecule has 3 amide bonds. The Hall–Kier alpha value is -1.79. The number of piperazine rings is 1. The van der Waals surface area contributed by atoms with E-state index in [0.29, 0.717) is 6.54 Å². The van der Waals surface area contributed by atoms with E-state index in [2.05, 4.69) is 15.5 Å². The Morgan fingerprint density at radius 3 is 2.52 bits per heavy atom. The van der Waals surface area contributed by atoms with Gasteiger partial charge in [0.2, 0.25) is 0 Å². The van der Waals surface area contributed by atoms with E-state index in [1.807, 2.05) is 38.1 Å². The van der Waals surface area contributed by atoms with Gasteiger partial charge in [0.15, 0.2) is 6.54 Å². The van der Waals surface area contributed by atoms with Crippen LogP contribution < -0.4 is 20.4 Å². The van der Waals surface area contributed by atoms with Crippen molar-refractivity contribution in [2.24, 2.45) is 0 Å². The van der Waals surface area contributed by atoms with Crippen molar-refractivity contribution in [2.75, 3.05) is 37.6 Å². The summed E-state index contributed by atoms with van der Waals surface area (Å²) in [4.78, 5) is 26.8. The molecule has 1 aliphatic heterocycles. The molecule has 0 radical (unpaired) electrons. The average Bonchev–Trinajstić information content (AvgIpc) is 2.47. The van der Waals surface area contributed by atoms with Gasteiger partial charge in [0.1, 0.15) is 0 Å². The van der Waals surface area contributed by atoms with Crippen LogP contribution in [0.2, 0.25) is 5.02 Å². The first-order valence-electron chi connectivity index (χ1n) is 7.89. The highest BCUT2D eigenvalue weighted by atomic mass is 35.5. The van der Waals surface area contributed by atoms with Crippen LogP contribution in [0, 0.1) is 0 Å². The van der Waals surface area contributed by atoms with E-state index in [1.54, 1.807) is 0 Å². The Bertz CT molecular complexity index is 557. The Morgan fingerprint density at radius 1 is 1.26 bits per heavy atom. The average molecular weight is 340 g/mol. The normalized spacial score (nSPS) is 15.6. The Morgan fingerprint density at radius 2 is 1.91 bits per heavy atom. The molecular formula is C16H24ClN4O2+. The second kappa shape index (κ2) is 8.17. The number of hydrogen-bond donors (Lipinski definition) is 3. The van der Waals surface area contributed by atoms with E-state index in [4.69, 9.17) is 11.6 Å². The number of urea groups is 1. The number of carbonyl (C=O) groups is 2. The molecule has 0 atom stereocenters. The molecule has 3 N–H and O–H groups in total. The fourth-order valence-electron chi connectivity index (χ4n) is 2.64. The van der Waals surface area contributed by atoms with E-state index >= 15 is 0 Å². The lowest BCUT2D eigenvalue weighted by atomic mass is 10.2. The van der Waals surface area contributed by atoms with Crippen LogP contribution >= 0.6 is 11.6 Å². The van der Waals surface area contributed by atoms with Crippen LogP contribution in [0.4, 0.5) is 10.5 Å². The SMILES string of the molecule is CC(C)NC(=O)NC(=O)C[NH+]1CCN(c2ccccc2Cl)CC1. The number of imide groups is 1. The maximum absolute atomic E-state index is 11.9. The van der Waals surface area contributed by atoms with Gasteiger partial charge in [0.05, 0.1) is 36.9 Å². The van der Waals surface area contributed by atoms with Crippen LogP contribution in [-0.4, -0.2) is 50.7 Å². The third-order valence-electron chi connectivity index (χ3n) is 3.75. The molecule has 7 heteroatoms. The predicted octanol–water partition coefficient (Wildman–Crippen LogP) is 0.279. The number of rotatable bonds is 4. The van der Waals surface area contributed by atoms with E-state index in [9.17, 15) is 9.59 Å². The zero-order valence-corrected chi connectivity index (χ0v) is 14.3. The first-order valence-corrected chi connectivity index (χ1v) is 8.27. The molecule has 0 spiro atoms. The maximum Gasteiger partial charge on any atom is 0.321 e. The van der Waals surface area contributed by atoms with Gasteiger partial charge in [-0.05, 0) is 26.0 Å². The van der Waals surface area contributed by atoms with Crippen molar-refractivity contribution in [3.63, 3.8) is 0 Å². The number of anilines is 1. The topological polar surface area (TPSA) is 65.9 Å². The van der Waals surface area contributed by atoms with Crippen molar-refractivity contribution in [1.82, 2.24) is 10.6 Å². The van der Waals surface area contributed by atoms with Crippen molar-refractivity contribution in [3.8, 4) is 0 Å². The second-order valence-corrected chi connectivity index (χ2v) is 6.45. The molecule has 1 aliphatic rings. The molecule has 0 bridgehead atoms. The number of quaternary nitrogens is 1. The summed E-state index contributed by atoms with van der Waals surface area (Å²) >= 11 is 6.22. The first kappa shape index (κ1) is 17.6. The molecule has 0 aliphatic carbocycles. The standard InChI is InChI=1S/C16H23ClN4O2/c1-12(2)18-16(23)19-15(22)11-20-7-9-21(10-8-20)14-6-4-3-5-13(14)17/h3-6,12H,7-11H2,1-2H3,(H2,18,19,22,23)/p+1. The highest BCUT2D eigenvalue weighted by molar-refractivity contribution is 6.33. The van der Waals surface area contributed by atoms with Gasteiger partial charge in [0.25, 0.3) is 5.91 Å². The third kappa shape index (κ3) is 5.41. The molecule has 1 fully saturated rings. The molecule has 1 aromatic rings. The van der Waals surface area contributed by atoms with Crippen LogP contribution in [-0.2, 0) is 4.79 Å². The van der Waals surface area contributed by atoms with Crippen LogP contribution in [0.3, 0.4) is 0 Å². The van der Waals surface area contributed by atoms with Gasteiger partial charge < -0.3 is 15.1 Å². The lowest BCUT2D eigenvalue weighted by Gasteiger charge is -2.33. The number of halogens is 1. The monoisotopic (exact) mass is 339 g/mol. The van der Waals surface area contributed by atoms with Gasteiger partial charge in [-0.1, -0.05) is 23.7 Å². The summed E-state index contributed by atoms with van der Waals surface area (Å²) in [5, 5.41) is 5.76. The molecule has 0 aromatic heterocycles. The van der Waals surface area contributed by atoms with Gasteiger partial charge >= 0.3 is 6.03 Å². The number of nitrogens with zero attached hydrogens (tertiary/aromatic N) is 1. The fraction of sp³-hybridized carbons (Fsp3) is 0.500. The van der Waals surface area contributed by atoms with Gasteiger partial charge in [-0.2, -0.15) is 0 Å². The number of nitrogens with one attached hydrogen (secondary N) is 3. The molecule has 0 unspecified atom stereocenters. The molecule has 2 rings (SSSR count). The highest BCUT2D eigenvalue weighted by Crippen LogP contribution is 2.24. The minimum Gasteiger partial charge on any atom is -0.359 e. The summed E-state index contributed by atoms with van der Waals surface area (Å²) < 4.78 is 0. The molecule has 1 heterocycles. The summed E-state index contributed by atoms with van der Waals surface area (Å²) in [5.74, 6) is -0.246. The molecule has 23 heavy (non-hydrogen) atoms.